The summed E-state index contributed by atoms with van der Waals surface area (Å²) in [7, 11) is 0. The van der Waals surface area contributed by atoms with Crippen molar-refractivity contribution < 1.29 is 9.53 Å². The summed E-state index contributed by atoms with van der Waals surface area (Å²) in [6, 6.07) is 8.06. The Morgan fingerprint density at radius 1 is 1.04 bits per heavy atom. The van der Waals surface area contributed by atoms with Gasteiger partial charge in [-0.05, 0) is 38.5 Å². The summed E-state index contributed by atoms with van der Waals surface area (Å²) >= 11 is 0. The summed E-state index contributed by atoms with van der Waals surface area (Å²) < 4.78 is 5.53. The van der Waals surface area contributed by atoms with E-state index < -0.39 is 0 Å². The number of hydrogen-bond acceptors (Lipinski definition) is 4. The third-order valence-electron chi connectivity index (χ3n) is 5.55. The average molecular weight is 367 g/mol. The first-order valence-electron chi connectivity index (χ1n) is 10.3. The van der Waals surface area contributed by atoms with Crippen LogP contribution in [0.1, 0.15) is 63.9 Å². The number of carbonyl (C=O) groups is 1. The molecule has 0 unspecified atom stereocenters. The maximum Gasteiger partial charge on any atom is 0.314 e. The average Bonchev–Trinajstić information content (AvgIpc) is 2.70. The zero-order valence-electron chi connectivity index (χ0n) is 16.5. The second-order valence-electron chi connectivity index (χ2n) is 7.74. The van der Waals surface area contributed by atoms with E-state index in [2.05, 4.69) is 16.9 Å². The summed E-state index contributed by atoms with van der Waals surface area (Å²) in [6.07, 6.45) is 12.6. The van der Waals surface area contributed by atoms with Gasteiger partial charge in [0.1, 0.15) is 0 Å². The molecule has 1 saturated carbocycles. The summed E-state index contributed by atoms with van der Waals surface area (Å²) in [5.74, 6) is 1.75. The molecule has 1 fully saturated rings. The lowest BCUT2D eigenvalue weighted by Gasteiger charge is -2.27. The van der Waals surface area contributed by atoms with E-state index in [4.69, 9.17) is 4.74 Å². The maximum atomic E-state index is 12.4. The van der Waals surface area contributed by atoms with Crippen molar-refractivity contribution in [2.45, 2.75) is 65.2 Å². The Labute approximate surface area is 162 Å². The predicted octanol–water partition coefficient (Wildman–Crippen LogP) is 5.74. The van der Waals surface area contributed by atoms with E-state index in [0.717, 1.165) is 37.2 Å². The Hall–Kier alpha value is -2.23. The number of carbonyl (C=O) groups excluding carboxylic acids is 1. The summed E-state index contributed by atoms with van der Waals surface area (Å²) in [6.45, 7) is 4.29. The molecule has 1 heterocycles. The lowest BCUT2D eigenvalue weighted by Crippen LogP contribution is -2.25. The smallest absolute Gasteiger partial charge is 0.314 e. The highest BCUT2D eigenvalue weighted by Gasteiger charge is 2.27. The minimum absolute atomic E-state index is 0.0178. The molecule has 0 radical (unpaired) electrons. The van der Waals surface area contributed by atoms with E-state index in [1.54, 1.807) is 12.4 Å². The third kappa shape index (κ3) is 5.62. The highest BCUT2D eigenvalue weighted by molar-refractivity contribution is 5.75. The van der Waals surface area contributed by atoms with Crippen LogP contribution in [0.4, 0.5) is 0 Å². The number of aromatic nitrogens is 2. The van der Waals surface area contributed by atoms with Gasteiger partial charge >= 0.3 is 5.97 Å². The minimum Gasteiger partial charge on any atom is -0.423 e. The lowest BCUT2D eigenvalue weighted by atomic mass is 9.80. The van der Waals surface area contributed by atoms with Gasteiger partial charge in [0.15, 0.2) is 11.6 Å². The van der Waals surface area contributed by atoms with Crippen molar-refractivity contribution >= 4 is 5.97 Å². The Morgan fingerprint density at radius 2 is 1.70 bits per heavy atom. The molecule has 2 aromatic rings. The lowest BCUT2D eigenvalue weighted by molar-refractivity contribution is -0.140. The predicted molar refractivity (Wildman–Crippen MR) is 107 cm³/mol. The van der Waals surface area contributed by atoms with Gasteiger partial charge in [0.25, 0.3) is 0 Å². The monoisotopic (exact) mass is 366 g/mol. The fraction of sp³-hybridized carbons (Fsp3) is 0.522. The molecular weight excluding hydrogens is 336 g/mol. The van der Waals surface area contributed by atoms with Gasteiger partial charge in [-0.1, -0.05) is 62.4 Å². The first-order chi connectivity index (χ1) is 13.2. The molecule has 0 saturated heterocycles. The van der Waals surface area contributed by atoms with Crippen molar-refractivity contribution in [3.05, 3.63) is 42.2 Å². The highest BCUT2D eigenvalue weighted by atomic mass is 16.5. The van der Waals surface area contributed by atoms with Crippen molar-refractivity contribution in [2.75, 3.05) is 0 Å². The molecule has 0 N–H and O–H groups in total. The van der Waals surface area contributed by atoms with Crippen LogP contribution in [0.25, 0.3) is 11.4 Å². The number of nitrogens with zero attached hydrogens (tertiary/aromatic N) is 2. The Kier molecular flexibility index (Phi) is 6.97. The van der Waals surface area contributed by atoms with Crippen LogP contribution >= 0.6 is 0 Å². The van der Waals surface area contributed by atoms with Gasteiger partial charge < -0.3 is 4.74 Å². The zero-order valence-corrected chi connectivity index (χ0v) is 16.5. The summed E-state index contributed by atoms with van der Waals surface area (Å²) in [5, 5.41) is 0. The van der Waals surface area contributed by atoms with Crippen molar-refractivity contribution in [3.63, 3.8) is 0 Å². The second-order valence-corrected chi connectivity index (χ2v) is 7.74. The van der Waals surface area contributed by atoms with Gasteiger partial charge in [-0.2, -0.15) is 0 Å². The number of unbranched alkanes of at least 4 members (excludes halogenated alkanes) is 2. The Bertz CT molecular complexity index is 717. The van der Waals surface area contributed by atoms with Gasteiger partial charge in [-0.25, -0.2) is 9.97 Å². The fourth-order valence-corrected chi connectivity index (χ4v) is 3.79. The fourth-order valence-electron chi connectivity index (χ4n) is 3.79. The molecule has 4 nitrogen and oxygen atoms in total. The van der Waals surface area contributed by atoms with Crippen LogP contribution in [-0.2, 0) is 4.79 Å². The van der Waals surface area contributed by atoms with E-state index >= 15 is 0 Å². The molecule has 0 aliphatic heterocycles. The van der Waals surface area contributed by atoms with Gasteiger partial charge in [0.05, 0.1) is 18.3 Å². The summed E-state index contributed by atoms with van der Waals surface area (Å²) in [4.78, 5) is 21.1. The van der Waals surface area contributed by atoms with E-state index in [0.29, 0.717) is 11.6 Å². The number of ether oxygens (including phenoxy) is 1. The van der Waals surface area contributed by atoms with Crippen molar-refractivity contribution in [1.82, 2.24) is 9.97 Å². The standard InChI is InChI=1S/C23H30N2O2/c1-3-4-5-6-18-9-13-20(14-10-18)23(26)27-21-15-24-22(25-16-21)19-11-7-17(2)8-12-19/h7-8,11-12,15-16,18,20H,3-6,9-10,13-14H2,1-2H3. The SMILES string of the molecule is CCCCCC1CCC(C(=O)Oc2cnc(-c3ccc(C)cc3)nc2)CC1. The van der Waals surface area contributed by atoms with E-state index in [1.807, 2.05) is 31.2 Å². The normalized spacial score (nSPS) is 19.6. The molecule has 3 rings (SSSR count). The molecule has 1 aliphatic rings. The van der Waals surface area contributed by atoms with Gasteiger partial charge in [-0.15, -0.1) is 0 Å². The molecule has 27 heavy (non-hydrogen) atoms. The molecule has 1 aromatic carbocycles. The summed E-state index contributed by atoms with van der Waals surface area (Å²) in [5.41, 5.74) is 2.16. The Balaban J connectivity index is 1.49. The van der Waals surface area contributed by atoms with Crippen molar-refractivity contribution in [1.29, 1.82) is 0 Å². The molecule has 1 aliphatic carbocycles. The molecule has 144 valence electrons. The van der Waals surface area contributed by atoms with Crippen LogP contribution in [0, 0.1) is 18.8 Å². The van der Waals surface area contributed by atoms with E-state index in [1.165, 1.54) is 31.2 Å². The van der Waals surface area contributed by atoms with Crippen LogP contribution in [0.15, 0.2) is 36.7 Å². The first kappa shape index (κ1) is 19.5. The minimum atomic E-state index is -0.131. The maximum absolute atomic E-state index is 12.4. The number of aryl methyl sites for hydroxylation is 1. The molecule has 4 heteroatoms. The van der Waals surface area contributed by atoms with Gasteiger partial charge in [0, 0.05) is 5.56 Å². The molecule has 0 atom stereocenters. The molecule has 0 bridgehead atoms. The number of rotatable bonds is 7. The Morgan fingerprint density at radius 3 is 2.33 bits per heavy atom. The van der Waals surface area contributed by atoms with Crippen molar-refractivity contribution in [3.8, 4) is 17.1 Å². The first-order valence-corrected chi connectivity index (χ1v) is 10.3. The van der Waals surface area contributed by atoms with Crippen LogP contribution < -0.4 is 4.74 Å². The van der Waals surface area contributed by atoms with Crippen LogP contribution in [0.3, 0.4) is 0 Å². The van der Waals surface area contributed by atoms with E-state index in [-0.39, 0.29) is 11.9 Å². The topological polar surface area (TPSA) is 52.1 Å². The van der Waals surface area contributed by atoms with Crippen LogP contribution in [-0.4, -0.2) is 15.9 Å². The molecule has 1 aromatic heterocycles. The molecular formula is C23H30N2O2. The van der Waals surface area contributed by atoms with Gasteiger partial charge in [0.2, 0.25) is 0 Å². The van der Waals surface area contributed by atoms with Crippen LogP contribution in [0.5, 0.6) is 5.75 Å². The van der Waals surface area contributed by atoms with Crippen LogP contribution in [0.2, 0.25) is 0 Å². The quantitative estimate of drug-likeness (QED) is 0.463. The third-order valence-corrected chi connectivity index (χ3v) is 5.55. The highest BCUT2D eigenvalue weighted by Crippen LogP contribution is 2.33. The molecule has 0 amide bonds. The zero-order chi connectivity index (χ0) is 19.1. The van der Waals surface area contributed by atoms with Crippen molar-refractivity contribution in [2.24, 2.45) is 11.8 Å². The van der Waals surface area contributed by atoms with E-state index in [9.17, 15) is 4.79 Å². The second kappa shape index (κ2) is 9.63. The molecule has 0 spiro atoms. The number of hydrogen-bond donors (Lipinski definition) is 0. The number of esters is 1. The largest absolute Gasteiger partial charge is 0.423 e. The van der Waals surface area contributed by atoms with Gasteiger partial charge in [-0.3, -0.25) is 4.79 Å². The number of benzene rings is 1.